The Labute approximate surface area is 189 Å². The van der Waals surface area contributed by atoms with Gasteiger partial charge in [0, 0.05) is 9.52 Å². The zero-order valence-electron chi connectivity index (χ0n) is 17.2. The van der Waals surface area contributed by atoms with Crippen molar-refractivity contribution in [2.45, 2.75) is 39.8 Å². The maximum Gasteiger partial charge on any atom is 4.00 e. The largest absolute Gasteiger partial charge is 4.00 e. The molecule has 0 bridgehead atoms. The minimum Gasteiger partial charge on any atom is -1.00 e. The number of fused-ring (bicyclic) bond motifs is 2. The van der Waals surface area contributed by atoms with Crippen molar-refractivity contribution in [3.63, 3.8) is 0 Å². The molecule has 0 saturated carbocycles. The molecule has 28 heavy (non-hydrogen) atoms. The summed E-state index contributed by atoms with van der Waals surface area (Å²) in [5.41, 5.74) is 2.87. The number of rotatable bonds is 2. The Bertz CT molecular complexity index is 756. The quantitative estimate of drug-likeness (QED) is 0.297. The van der Waals surface area contributed by atoms with Crippen LogP contribution in [0.2, 0.25) is 13.1 Å². The SMILES string of the molecule is CCc1cc2ccccc2[cH-]1.CCc1cc2ccccc2[cH-]1.C[SiH]C.[F-].[F-].[Zr+4]. The second kappa shape index (κ2) is 15.5. The molecule has 0 saturated heterocycles. The molecule has 4 aromatic rings. The topological polar surface area (TPSA) is 0 Å². The second-order valence-electron chi connectivity index (χ2n) is 6.27. The van der Waals surface area contributed by atoms with Gasteiger partial charge in [0.25, 0.3) is 0 Å². The van der Waals surface area contributed by atoms with E-state index in [1.807, 2.05) is 0 Å². The average molecular weight is 475 g/mol. The molecule has 4 aromatic carbocycles. The molecule has 0 fully saturated rings. The Morgan fingerprint density at radius 2 is 1.00 bits per heavy atom. The van der Waals surface area contributed by atoms with E-state index >= 15 is 0 Å². The van der Waals surface area contributed by atoms with Gasteiger partial charge in [-0.25, -0.2) is 0 Å². The van der Waals surface area contributed by atoms with Crippen LogP contribution in [-0.2, 0) is 39.0 Å². The number of aryl methyl sites for hydroxylation is 2. The van der Waals surface area contributed by atoms with Crippen LogP contribution >= 0.6 is 0 Å². The van der Waals surface area contributed by atoms with E-state index in [1.54, 1.807) is 0 Å². The molecule has 0 aliphatic heterocycles. The van der Waals surface area contributed by atoms with Crippen molar-refractivity contribution in [3.8, 4) is 0 Å². The molecule has 0 aliphatic rings. The molecule has 0 nitrogen and oxygen atoms in total. The van der Waals surface area contributed by atoms with E-state index in [2.05, 4.69) is 99.7 Å². The first kappa shape index (κ1) is 28.8. The van der Waals surface area contributed by atoms with Gasteiger partial charge in [0.2, 0.25) is 0 Å². The van der Waals surface area contributed by atoms with E-state index < -0.39 is 0 Å². The molecule has 147 valence electrons. The second-order valence-corrected chi connectivity index (χ2v) is 7.42. The summed E-state index contributed by atoms with van der Waals surface area (Å²) in [4.78, 5) is 0. The van der Waals surface area contributed by atoms with Crippen molar-refractivity contribution in [1.29, 1.82) is 0 Å². The Balaban J connectivity index is 0. The Hall–Kier alpha value is -1.38. The van der Waals surface area contributed by atoms with Crippen LogP contribution < -0.4 is 9.41 Å². The minimum absolute atomic E-state index is 0. The van der Waals surface area contributed by atoms with Gasteiger partial charge in [0.1, 0.15) is 0 Å². The number of hydrogen-bond donors (Lipinski definition) is 0. The first-order valence-electron chi connectivity index (χ1n) is 9.24. The van der Waals surface area contributed by atoms with E-state index in [4.69, 9.17) is 0 Å². The van der Waals surface area contributed by atoms with Gasteiger partial charge in [-0.3, -0.25) is 0 Å². The maximum atomic E-state index is 2.26. The first-order chi connectivity index (χ1) is 12.2. The van der Waals surface area contributed by atoms with Crippen molar-refractivity contribution < 1.29 is 35.6 Å². The monoisotopic (exact) mass is 473 g/mol. The van der Waals surface area contributed by atoms with Gasteiger partial charge in [0.05, 0.1) is 0 Å². The van der Waals surface area contributed by atoms with Crippen LogP contribution in [0.5, 0.6) is 0 Å². The van der Waals surface area contributed by atoms with E-state index in [1.165, 1.54) is 32.7 Å². The third-order valence-electron chi connectivity index (χ3n) is 4.17. The zero-order chi connectivity index (χ0) is 18.1. The predicted molar refractivity (Wildman–Crippen MR) is 117 cm³/mol. The molecule has 0 aliphatic carbocycles. The fourth-order valence-corrected chi connectivity index (χ4v) is 2.84. The normalized spacial score (nSPS) is 9.00. The van der Waals surface area contributed by atoms with Gasteiger partial charge in [-0.05, 0) is 12.8 Å². The van der Waals surface area contributed by atoms with Crippen molar-refractivity contribution in [1.82, 2.24) is 0 Å². The maximum absolute atomic E-state index is 2.26. The van der Waals surface area contributed by atoms with Crippen LogP contribution in [0.15, 0.2) is 72.8 Å². The summed E-state index contributed by atoms with van der Waals surface area (Å²) in [6, 6.07) is 26.0. The van der Waals surface area contributed by atoms with Crippen molar-refractivity contribution in [2.75, 3.05) is 0 Å². The van der Waals surface area contributed by atoms with E-state index in [9.17, 15) is 0 Å². The van der Waals surface area contributed by atoms with Gasteiger partial charge < -0.3 is 9.41 Å². The van der Waals surface area contributed by atoms with Crippen LogP contribution in [-0.4, -0.2) is 9.52 Å². The first-order valence-corrected chi connectivity index (χ1v) is 11.5. The fourth-order valence-electron chi connectivity index (χ4n) is 2.84. The Kier molecular flexibility index (Phi) is 16.0. The van der Waals surface area contributed by atoms with E-state index in [0.29, 0.717) is 0 Å². The Morgan fingerprint density at radius 3 is 1.29 bits per heavy atom. The summed E-state index contributed by atoms with van der Waals surface area (Å²) in [5, 5.41) is 5.46. The molecule has 4 rings (SSSR count). The summed E-state index contributed by atoms with van der Waals surface area (Å²) >= 11 is 0. The zero-order valence-corrected chi connectivity index (χ0v) is 20.8. The van der Waals surface area contributed by atoms with Crippen molar-refractivity contribution in [2.24, 2.45) is 0 Å². The number of benzene rings is 2. The predicted octanol–water partition coefficient (Wildman–Crippen LogP) is 0.767. The third kappa shape index (κ3) is 8.32. The summed E-state index contributed by atoms with van der Waals surface area (Å²) < 4.78 is 0. The van der Waals surface area contributed by atoms with Crippen molar-refractivity contribution >= 4 is 31.1 Å². The molecule has 1 radical (unpaired) electrons. The van der Waals surface area contributed by atoms with Crippen LogP contribution in [0.1, 0.15) is 25.0 Å². The average Bonchev–Trinajstić information content (AvgIpc) is 3.26. The van der Waals surface area contributed by atoms with Crippen molar-refractivity contribution in [3.05, 3.63) is 83.9 Å². The van der Waals surface area contributed by atoms with E-state index in [0.717, 1.165) is 22.4 Å². The molecule has 0 aromatic heterocycles. The van der Waals surface area contributed by atoms with Crippen LogP contribution in [0.25, 0.3) is 21.5 Å². The molecular formula is C24H29F2SiZr. The van der Waals surface area contributed by atoms with Crippen LogP contribution in [0, 0.1) is 0 Å². The van der Waals surface area contributed by atoms with Crippen LogP contribution in [0.3, 0.4) is 0 Å². The fraction of sp³-hybridized carbons (Fsp3) is 0.250. The molecule has 0 spiro atoms. The van der Waals surface area contributed by atoms with Gasteiger partial charge in [-0.15, -0.1) is 81.2 Å². The molecule has 0 atom stereocenters. The molecule has 0 unspecified atom stereocenters. The summed E-state index contributed by atoms with van der Waals surface area (Å²) in [5.74, 6) is 0. The van der Waals surface area contributed by atoms with Gasteiger partial charge >= 0.3 is 26.2 Å². The number of halogens is 2. The third-order valence-corrected chi connectivity index (χ3v) is 4.17. The van der Waals surface area contributed by atoms with Gasteiger partial charge in [0.15, 0.2) is 0 Å². The number of hydrogen-bond acceptors (Lipinski definition) is 0. The van der Waals surface area contributed by atoms with Gasteiger partial charge in [-0.1, -0.05) is 39.1 Å². The molecule has 0 N–H and O–H groups in total. The van der Waals surface area contributed by atoms with Crippen LogP contribution in [0.4, 0.5) is 0 Å². The molecular weight excluding hydrogens is 446 g/mol. The molecule has 0 heterocycles. The Morgan fingerprint density at radius 1 is 0.679 bits per heavy atom. The summed E-state index contributed by atoms with van der Waals surface area (Å²) in [7, 11) is 0.750. The summed E-state index contributed by atoms with van der Waals surface area (Å²) in [6.07, 6.45) is 2.27. The molecule has 4 heteroatoms. The smallest absolute Gasteiger partial charge is 1.00 e. The standard InChI is InChI=1S/2C11H11.C2H7Si.2FH.Zr/c2*1-2-9-7-10-5-3-4-6-11(10)8-9;1-3-2;;;/h2*3-8H,2H2,1H3;3H,1-2H3;2*1H;/q2*-1;;;;+4/p-2. The van der Waals surface area contributed by atoms with E-state index in [-0.39, 0.29) is 35.6 Å². The summed E-state index contributed by atoms with van der Waals surface area (Å²) in [6.45, 7) is 8.79. The minimum atomic E-state index is 0. The molecule has 0 amide bonds. The van der Waals surface area contributed by atoms with Gasteiger partial charge in [-0.2, -0.15) is 12.1 Å².